The molecule has 6 heteroatoms. The summed E-state index contributed by atoms with van der Waals surface area (Å²) < 4.78 is 0. The molecule has 2 heterocycles. The fourth-order valence-corrected chi connectivity index (χ4v) is 3.83. The van der Waals surface area contributed by atoms with Crippen LogP contribution >= 0.6 is 0 Å². The first kappa shape index (κ1) is 21.1. The molecule has 29 heavy (non-hydrogen) atoms. The maximum Gasteiger partial charge on any atom is 0.229 e. The molecule has 0 radical (unpaired) electrons. The van der Waals surface area contributed by atoms with Gasteiger partial charge in [-0.25, -0.2) is 4.98 Å². The third-order valence-corrected chi connectivity index (χ3v) is 5.20. The Balaban J connectivity index is 1.85. The highest BCUT2D eigenvalue weighted by Gasteiger charge is 2.22. The predicted molar refractivity (Wildman–Crippen MR) is 119 cm³/mol. The first-order chi connectivity index (χ1) is 14.0. The van der Waals surface area contributed by atoms with Crippen molar-refractivity contribution in [2.45, 2.75) is 65.5 Å². The molecule has 1 fully saturated rings. The Morgan fingerprint density at radius 2 is 2.10 bits per heavy atom. The first-order valence-corrected chi connectivity index (χ1v) is 10.6. The van der Waals surface area contributed by atoms with Crippen LogP contribution in [0.5, 0.6) is 0 Å². The summed E-state index contributed by atoms with van der Waals surface area (Å²) in [4.78, 5) is 11.9. The average Bonchev–Trinajstić information content (AvgIpc) is 2.69. The summed E-state index contributed by atoms with van der Waals surface area (Å²) in [6.45, 7) is 10.5. The smallest absolute Gasteiger partial charge is 0.229 e. The Morgan fingerprint density at radius 1 is 1.28 bits per heavy atom. The van der Waals surface area contributed by atoms with E-state index in [9.17, 15) is 5.26 Å². The molecule has 3 rings (SSSR count). The third kappa shape index (κ3) is 5.68. The van der Waals surface area contributed by atoms with Gasteiger partial charge in [-0.1, -0.05) is 33.3 Å². The summed E-state index contributed by atoms with van der Waals surface area (Å²) in [7, 11) is 0. The summed E-state index contributed by atoms with van der Waals surface area (Å²) in [5.74, 6) is 1.58. The van der Waals surface area contributed by atoms with E-state index in [0.717, 1.165) is 55.1 Å². The van der Waals surface area contributed by atoms with Crippen LogP contribution in [0.3, 0.4) is 0 Å². The molecule has 1 aliphatic heterocycles. The Kier molecular flexibility index (Phi) is 7.05. The van der Waals surface area contributed by atoms with E-state index in [1.807, 2.05) is 25.1 Å². The van der Waals surface area contributed by atoms with E-state index < -0.39 is 0 Å². The molecule has 0 amide bonds. The van der Waals surface area contributed by atoms with Gasteiger partial charge in [0, 0.05) is 42.6 Å². The van der Waals surface area contributed by atoms with Crippen LogP contribution in [0.15, 0.2) is 24.3 Å². The van der Waals surface area contributed by atoms with E-state index in [1.54, 1.807) is 0 Å². The molecule has 1 atom stereocenters. The van der Waals surface area contributed by atoms with E-state index in [1.165, 1.54) is 6.42 Å². The van der Waals surface area contributed by atoms with Crippen molar-refractivity contribution in [2.75, 3.05) is 23.3 Å². The van der Waals surface area contributed by atoms with Gasteiger partial charge in [-0.3, -0.25) is 0 Å². The van der Waals surface area contributed by atoms with Gasteiger partial charge in [-0.2, -0.15) is 10.2 Å². The van der Waals surface area contributed by atoms with Crippen molar-refractivity contribution in [3.05, 3.63) is 41.1 Å². The molecule has 2 aromatic rings. The summed E-state index contributed by atoms with van der Waals surface area (Å²) in [5.41, 5.74) is 3.52. The fourth-order valence-electron chi connectivity index (χ4n) is 3.83. The number of anilines is 3. The van der Waals surface area contributed by atoms with Crippen LogP contribution in [0.1, 0.15) is 56.9 Å². The zero-order valence-corrected chi connectivity index (χ0v) is 18.0. The van der Waals surface area contributed by atoms with Crippen LogP contribution in [0, 0.1) is 18.3 Å². The topological polar surface area (TPSA) is 76.9 Å². The molecule has 1 saturated heterocycles. The van der Waals surface area contributed by atoms with Gasteiger partial charge in [0.1, 0.15) is 5.82 Å². The van der Waals surface area contributed by atoms with Gasteiger partial charge in [-0.15, -0.1) is 0 Å². The lowest BCUT2D eigenvalue weighted by molar-refractivity contribution is 0.393. The minimum Gasteiger partial charge on any atom is -0.355 e. The Morgan fingerprint density at radius 3 is 2.83 bits per heavy atom. The number of nitriles is 1. The second-order valence-electron chi connectivity index (χ2n) is 8.16. The average molecular weight is 393 g/mol. The number of nitrogens with zero attached hydrogens (tertiary/aromatic N) is 4. The van der Waals surface area contributed by atoms with Gasteiger partial charge < -0.3 is 15.5 Å². The number of hydrogen-bond acceptors (Lipinski definition) is 6. The third-order valence-electron chi connectivity index (χ3n) is 5.20. The fraction of sp³-hybridized carbons (Fsp3) is 0.522. The van der Waals surface area contributed by atoms with Crippen molar-refractivity contribution in [3.8, 4) is 6.07 Å². The number of hydrogen-bond donors (Lipinski definition) is 2. The number of aryl methyl sites for hydroxylation is 2. The van der Waals surface area contributed by atoms with E-state index in [4.69, 9.17) is 9.97 Å². The maximum atomic E-state index is 9.30. The van der Waals surface area contributed by atoms with Crippen LogP contribution < -0.4 is 15.5 Å². The zero-order valence-electron chi connectivity index (χ0n) is 18.0. The lowest BCUT2D eigenvalue weighted by atomic mass is 10.0. The van der Waals surface area contributed by atoms with Gasteiger partial charge in [0.2, 0.25) is 5.95 Å². The minimum absolute atomic E-state index is 0.481. The van der Waals surface area contributed by atoms with Crippen molar-refractivity contribution in [2.24, 2.45) is 0 Å². The zero-order chi connectivity index (χ0) is 20.8. The molecule has 6 nitrogen and oxygen atoms in total. The van der Waals surface area contributed by atoms with Crippen LogP contribution in [-0.2, 0) is 6.42 Å². The normalized spacial score (nSPS) is 16.7. The standard InChI is InChI=1S/C23H32N6/c1-5-7-19-13-22(29-11-6-8-21(15-29)25-16(2)3)28-23(26-19)27-20-10-9-17(4)18(12-20)14-24/h9-10,12-13,16,21,25H,5-8,11,15H2,1-4H3,(H,26,27,28). The SMILES string of the molecule is CCCc1cc(N2CCCC(NC(C)C)C2)nc(Nc2ccc(C)c(C#N)c2)n1. The number of benzene rings is 1. The molecule has 1 aromatic carbocycles. The first-order valence-electron chi connectivity index (χ1n) is 10.6. The molecule has 1 aromatic heterocycles. The molecule has 0 spiro atoms. The Labute approximate surface area is 174 Å². The number of rotatable bonds is 7. The Hall–Kier alpha value is -2.65. The second kappa shape index (κ2) is 9.71. The lowest BCUT2D eigenvalue weighted by Crippen LogP contribution is -2.48. The predicted octanol–water partition coefficient (Wildman–Crippen LogP) is 4.32. The summed E-state index contributed by atoms with van der Waals surface area (Å²) >= 11 is 0. The summed E-state index contributed by atoms with van der Waals surface area (Å²) in [6.07, 6.45) is 4.32. The summed E-state index contributed by atoms with van der Waals surface area (Å²) in [5, 5.41) is 16.3. The minimum atomic E-state index is 0.481. The number of aromatic nitrogens is 2. The number of piperidine rings is 1. The molecule has 0 saturated carbocycles. The van der Waals surface area contributed by atoms with Crippen molar-refractivity contribution in [1.82, 2.24) is 15.3 Å². The van der Waals surface area contributed by atoms with E-state index in [0.29, 0.717) is 23.6 Å². The molecule has 0 bridgehead atoms. The second-order valence-corrected chi connectivity index (χ2v) is 8.16. The van der Waals surface area contributed by atoms with Crippen LogP contribution in [0.2, 0.25) is 0 Å². The van der Waals surface area contributed by atoms with Crippen LogP contribution in [0.25, 0.3) is 0 Å². The molecule has 2 N–H and O–H groups in total. The van der Waals surface area contributed by atoms with Gasteiger partial charge in [-0.05, 0) is 43.9 Å². The van der Waals surface area contributed by atoms with Crippen molar-refractivity contribution in [1.29, 1.82) is 5.26 Å². The van der Waals surface area contributed by atoms with Crippen molar-refractivity contribution in [3.63, 3.8) is 0 Å². The van der Waals surface area contributed by atoms with Gasteiger partial charge >= 0.3 is 0 Å². The lowest BCUT2D eigenvalue weighted by Gasteiger charge is -2.35. The van der Waals surface area contributed by atoms with E-state index >= 15 is 0 Å². The Bertz CT molecular complexity index is 870. The number of nitrogens with one attached hydrogen (secondary N) is 2. The van der Waals surface area contributed by atoms with Gasteiger partial charge in [0.25, 0.3) is 0 Å². The van der Waals surface area contributed by atoms with Crippen molar-refractivity contribution < 1.29 is 0 Å². The van der Waals surface area contributed by atoms with Crippen LogP contribution in [0.4, 0.5) is 17.5 Å². The van der Waals surface area contributed by atoms with E-state index in [2.05, 4.69) is 48.4 Å². The summed E-state index contributed by atoms with van der Waals surface area (Å²) in [6, 6.07) is 11.1. The monoisotopic (exact) mass is 392 g/mol. The molecular formula is C23H32N6. The van der Waals surface area contributed by atoms with E-state index in [-0.39, 0.29) is 0 Å². The van der Waals surface area contributed by atoms with Gasteiger partial charge in [0.15, 0.2) is 0 Å². The van der Waals surface area contributed by atoms with Gasteiger partial charge in [0.05, 0.1) is 11.6 Å². The highest BCUT2D eigenvalue weighted by atomic mass is 15.2. The molecule has 1 unspecified atom stereocenters. The maximum absolute atomic E-state index is 9.30. The van der Waals surface area contributed by atoms with Crippen LogP contribution in [-0.4, -0.2) is 35.1 Å². The molecule has 154 valence electrons. The highest BCUT2D eigenvalue weighted by Crippen LogP contribution is 2.23. The molecular weight excluding hydrogens is 360 g/mol. The largest absolute Gasteiger partial charge is 0.355 e. The van der Waals surface area contributed by atoms with Crippen molar-refractivity contribution >= 4 is 17.5 Å². The molecule has 0 aliphatic carbocycles. The quantitative estimate of drug-likeness (QED) is 0.731. The molecule has 1 aliphatic rings. The highest BCUT2D eigenvalue weighted by molar-refractivity contribution is 5.59.